The molecule has 0 aromatic carbocycles. The lowest BCUT2D eigenvalue weighted by Gasteiger charge is -2.34. The van der Waals surface area contributed by atoms with E-state index in [9.17, 15) is 24.3 Å². The second-order valence-corrected chi connectivity index (χ2v) is 6.91. The van der Waals surface area contributed by atoms with E-state index in [4.69, 9.17) is 32.5 Å². The zero-order chi connectivity index (χ0) is 20.0. The molecule has 0 aromatic heterocycles. The van der Waals surface area contributed by atoms with E-state index >= 15 is 0 Å². The molecule has 0 aliphatic carbocycles. The van der Waals surface area contributed by atoms with E-state index in [1.807, 2.05) is 0 Å². The molecule has 12 heteroatoms. The molecule has 0 saturated carbocycles. The second-order valence-electron chi connectivity index (χ2n) is 5.87. The Morgan fingerprint density at radius 3 is 1.76 bits per heavy atom. The van der Waals surface area contributed by atoms with Crippen LogP contribution in [0.15, 0.2) is 0 Å². The molecule has 4 atom stereocenters. The summed E-state index contributed by atoms with van der Waals surface area (Å²) < 4.78 is 0. The van der Waals surface area contributed by atoms with Crippen LogP contribution in [0.4, 0.5) is 0 Å². The lowest BCUT2D eigenvalue weighted by atomic mass is 9.83. The van der Waals surface area contributed by atoms with E-state index < -0.39 is 65.5 Å². The predicted molar refractivity (Wildman–Crippen MR) is 88.1 cm³/mol. The molecule has 4 unspecified atom stereocenters. The Hall–Kier alpha value is -1.89. The summed E-state index contributed by atoms with van der Waals surface area (Å²) in [4.78, 5) is 44.4. The van der Waals surface area contributed by atoms with Gasteiger partial charge in [-0.05, 0) is 19.1 Å². The molecule has 11 nitrogen and oxygen atoms in total. The molecule has 0 fully saturated rings. The number of nitrogens with two attached hydrogens (primary N) is 3. The molecule has 0 aliphatic heterocycles. The molecule has 0 amide bonds. The van der Waals surface area contributed by atoms with Gasteiger partial charge in [0.1, 0.15) is 11.1 Å². The highest BCUT2D eigenvalue weighted by molar-refractivity contribution is 7.99. The van der Waals surface area contributed by atoms with Crippen LogP contribution in [0.1, 0.15) is 25.7 Å². The number of carbonyl (C=O) groups is 4. The third kappa shape index (κ3) is 6.49. The van der Waals surface area contributed by atoms with E-state index in [1.165, 1.54) is 6.26 Å². The highest BCUT2D eigenvalue weighted by atomic mass is 32.2. The Balaban J connectivity index is 5.35. The van der Waals surface area contributed by atoms with Gasteiger partial charge in [0.05, 0.1) is 12.8 Å². The number of thioether (sulfide) groups is 1. The van der Waals surface area contributed by atoms with Crippen LogP contribution in [0.3, 0.4) is 0 Å². The van der Waals surface area contributed by atoms with Gasteiger partial charge in [0.25, 0.3) is 0 Å². The Morgan fingerprint density at radius 1 is 0.960 bits per heavy atom. The fraction of sp³-hybridized carbons (Fsp3) is 0.692. The third-order valence-electron chi connectivity index (χ3n) is 3.74. The normalized spacial score (nSPS) is 18.4. The maximum absolute atomic E-state index is 11.4. The lowest BCUT2D eigenvalue weighted by molar-refractivity contribution is -0.150. The summed E-state index contributed by atoms with van der Waals surface area (Å²) in [5, 5.41) is 35.2. The van der Waals surface area contributed by atoms with Crippen LogP contribution in [-0.2, 0) is 19.2 Å². The summed E-state index contributed by atoms with van der Waals surface area (Å²) in [6.07, 6.45) is -0.838. The first kappa shape index (κ1) is 23.1. The van der Waals surface area contributed by atoms with Gasteiger partial charge >= 0.3 is 23.9 Å². The fourth-order valence-electron chi connectivity index (χ4n) is 2.43. The molecule has 0 radical (unpaired) electrons. The average molecular weight is 381 g/mol. The lowest BCUT2D eigenvalue weighted by Crippen LogP contribution is -2.59. The SMILES string of the molecule is CSC(CC(N)CC(N)(CC(=O)O)C(=O)O)C(N)(CC(=O)O)C(=O)O. The van der Waals surface area contributed by atoms with Gasteiger partial charge in [-0.2, -0.15) is 11.8 Å². The summed E-state index contributed by atoms with van der Waals surface area (Å²) >= 11 is 0.970. The average Bonchev–Trinajstić information content (AvgIpc) is 2.42. The fourth-order valence-corrected chi connectivity index (χ4v) is 3.47. The van der Waals surface area contributed by atoms with E-state index in [0.29, 0.717) is 0 Å². The van der Waals surface area contributed by atoms with Crippen molar-refractivity contribution in [2.24, 2.45) is 17.2 Å². The van der Waals surface area contributed by atoms with Crippen LogP contribution in [0, 0.1) is 0 Å². The quantitative estimate of drug-likeness (QED) is 0.201. The van der Waals surface area contributed by atoms with Gasteiger partial charge in [-0.25, -0.2) is 0 Å². The summed E-state index contributed by atoms with van der Waals surface area (Å²) in [5.74, 6) is -5.94. The first-order valence-corrected chi connectivity index (χ1v) is 8.33. The van der Waals surface area contributed by atoms with Crippen molar-refractivity contribution in [2.75, 3.05) is 6.26 Å². The Morgan fingerprint density at radius 2 is 1.44 bits per heavy atom. The number of hydrogen-bond acceptors (Lipinski definition) is 8. The molecule has 0 aliphatic rings. The molecule has 0 spiro atoms. The standard InChI is InChI=1S/C13H23N3O8S/c1-25-7(13(16,11(23)24)5-9(19)20)2-6(14)3-12(15,10(21)22)4-8(17)18/h6-7H,2-5,14-16H2,1H3,(H,17,18)(H,19,20)(H,21,22)(H,23,24). The number of carboxylic acids is 4. The first-order chi connectivity index (χ1) is 11.3. The minimum absolute atomic E-state index is 0.164. The van der Waals surface area contributed by atoms with Crippen molar-refractivity contribution >= 4 is 35.6 Å². The third-order valence-corrected chi connectivity index (χ3v) is 4.92. The minimum atomic E-state index is -2.14. The molecule has 25 heavy (non-hydrogen) atoms. The smallest absolute Gasteiger partial charge is 0.325 e. The van der Waals surface area contributed by atoms with Crippen molar-refractivity contribution in [2.45, 2.75) is 48.1 Å². The number of carboxylic acid groups (broad SMARTS) is 4. The number of aliphatic carboxylic acids is 4. The van der Waals surface area contributed by atoms with Crippen molar-refractivity contribution in [3.8, 4) is 0 Å². The molecule has 144 valence electrons. The summed E-state index contributed by atoms with van der Waals surface area (Å²) in [5.41, 5.74) is 12.9. The molecular weight excluding hydrogens is 358 g/mol. The van der Waals surface area contributed by atoms with Crippen molar-refractivity contribution < 1.29 is 39.6 Å². The molecular formula is C13H23N3O8S. The predicted octanol–water partition coefficient (Wildman–Crippen LogP) is -1.66. The maximum atomic E-state index is 11.4. The van der Waals surface area contributed by atoms with E-state index in [1.54, 1.807) is 0 Å². The number of hydrogen-bond donors (Lipinski definition) is 7. The first-order valence-electron chi connectivity index (χ1n) is 7.05. The van der Waals surface area contributed by atoms with E-state index in [2.05, 4.69) is 0 Å². The largest absolute Gasteiger partial charge is 0.481 e. The summed E-state index contributed by atoms with van der Waals surface area (Å²) in [6, 6.07) is -1.01. The molecule has 0 rings (SSSR count). The van der Waals surface area contributed by atoms with Crippen molar-refractivity contribution in [1.82, 2.24) is 0 Å². The van der Waals surface area contributed by atoms with Crippen molar-refractivity contribution in [3.63, 3.8) is 0 Å². The summed E-state index contributed by atoms with van der Waals surface area (Å²) in [7, 11) is 0. The van der Waals surface area contributed by atoms with Gasteiger partial charge in [-0.1, -0.05) is 0 Å². The highest BCUT2D eigenvalue weighted by Gasteiger charge is 2.46. The van der Waals surface area contributed by atoms with Gasteiger partial charge in [0.15, 0.2) is 0 Å². The van der Waals surface area contributed by atoms with Crippen LogP contribution >= 0.6 is 11.8 Å². The van der Waals surface area contributed by atoms with Crippen molar-refractivity contribution in [1.29, 1.82) is 0 Å². The van der Waals surface area contributed by atoms with Gasteiger partial charge in [-0.15, -0.1) is 0 Å². The van der Waals surface area contributed by atoms with E-state index in [0.717, 1.165) is 11.8 Å². The molecule has 0 saturated heterocycles. The number of rotatable bonds is 12. The Kier molecular flexibility index (Phi) is 8.31. The molecule has 10 N–H and O–H groups in total. The van der Waals surface area contributed by atoms with Crippen molar-refractivity contribution in [3.05, 3.63) is 0 Å². The topological polar surface area (TPSA) is 227 Å². The van der Waals surface area contributed by atoms with Crippen LogP contribution in [0.2, 0.25) is 0 Å². The van der Waals surface area contributed by atoms with Crippen LogP contribution in [0.5, 0.6) is 0 Å². The van der Waals surface area contributed by atoms with E-state index in [-0.39, 0.29) is 6.42 Å². The van der Waals surface area contributed by atoms with Gasteiger partial charge in [-0.3, -0.25) is 19.2 Å². The van der Waals surface area contributed by atoms with Crippen LogP contribution < -0.4 is 17.2 Å². The van der Waals surface area contributed by atoms with Gasteiger partial charge in [0.2, 0.25) is 0 Å². The molecule has 0 heterocycles. The monoisotopic (exact) mass is 381 g/mol. The van der Waals surface area contributed by atoms with Gasteiger partial charge in [0, 0.05) is 11.3 Å². The summed E-state index contributed by atoms with van der Waals surface area (Å²) in [6.45, 7) is 0. The molecule has 0 bridgehead atoms. The minimum Gasteiger partial charge on any atom is -0.481 e. The zero-order valence-corrected chi connectivity index (χ0v) is 14.4. The maximum Gasteiger partial charge on any atom is 0.325 e. The van der Waals surface area contributed by atoms with Crippen LogP contribution in [0.25, 0.3) is 0 Å². The van der Waals surface area contributed by atoms with Gasteiger partial charge < -0.3 is 37.6 Å². The Labute approximate surface area is 147 Å². The van der Waals surface area contributed by atoms with Crippen LogP contribution in [-0.4, -0.2) is 72.9 Å². The molecule has 0 aromatic rings. The highest BCUT2D eigenvalue weighted by Crippen LogP contribution is 2.29. The Bertz CT molecular complexity index is 545. The zero-order valence-electron chi connectivity index (χ0n) is 13.5. The second kappa shape index (κ2) is 8.99.